The van der Waals surface area contributed by atoms with Crippen LogP contribution in [0.2, 0.25) is 0 Å². The van der Waals surface area contributed by atoms with Crippen LogP contribution in [0.15, 0.2) is 48.5 Å². The number of amides is 1. The molecule has 8 nitrogen and oxygen atoms in total. The molecule has 30 heavy (non-hydrogen) atoms. The monoisotopic (exact) mass is 408 g/mol. The van der Waals surface area contributed by atoms with Crippen molar-refractivity contribution >= 4 is 16.8 Å². The lowest BCUT2D eigenvalue weighted by Crippen LogP contribution is -2.29. The smallest absolute Gasteiger partial charge is 0.294 e. The van der Waals surface area contributed by atoms with Gasteiger partial charge in [0.15, 0.2) is 0 Å². The van der Waals surface area contributed by atoms with Gasteiger partial charge in [-0.25, -0.2) is 0 Å². The van der Waals surface area contributed by atoms with Crippen molar-refractivity contribution in [3.63, 3.8) is 0 Å². The van der Waals surface area contributed by atoms with Gasteiger partial charge in [-0.1, -0.05) is 36.4 Å². The Kier molecular flexibility index (Phi) is 5.67. The topological polar surface area (TPSA) is 89.6 Å². The molecule has 0 spiro atoms. The number of carbonyl (C=O) groups excluding carboxylic acids is 1. The minimum atomic E-state index is -0.863. The van der Waals surface area contributed by atoms with Crippen LogP contribution in [-0.4, -0.2) is 47.2 Å². The van der Waals surface area contributed by atoms with E-state index in [-0.39, 0.29) is 19.1 Å². The van der Waals surface area contributed by atoms with Crippen molar-refractivity contribution in [3.8, 4) is 0 Å². The molecule has 1 aliphatic rings. The van der Waals surface area contributed by atoms with Crippen LogP contribution in [0, 0.1) is 10.1 Å². The van der Waals surface area contributed by atoms with Gasteiger partial charge < -0.3 is 19.6 Å². The van der Waals surface area contributed by atoms with E-state index in [0.29, 0.717) is 12.1 Å². The number of hydrogen-bond acceptors (Lipinski definition) is 5. The highest BCUT2D eigenvalue weighted by molar-refractivity contribution is 5.95. The first kappa shape index (κ1) is 19.9. The SMILES string of the molecule is CN1CCc2c(c3ccccc3n2Cc2ccccc2C(=O)NCCO[N+](=O)[O-])C1. The summed E-state index contributed by atoms with van der Waals surface area (Å²) in [6.07, 6.45) is 0.965. The molecule has 0 unspecified atom stereocenters. The predicted octanol–water partition coefficient (Wildman–Crippen LogP) is 2.62. The lowest BCUT2D eigenvalue weighted by molar-refractivity contribution is -0.757. The Bertz CT molecular complexity index is 1090. The van der Waals surface area contributed by atoms with E-state index < -0.39 is 5.09 Å². The highest BCUT2D eigenvalue weighted by atomic mass is 16.9. The van der Waals surface area contributed by atoms with Gasteiger partial charge in [-0.15, -0.1) is 10.1 Å². The van der Waals surface area contributed by atoms with Crippen LogP contribution >= 0.6 is 0 Å². The summed E-state index contributed by atoms with van der Waals surface area (Å²) in [5.41, 5.74) is 5.33. The predicted molar refractivity (Wildman–Crippen MR) is 113 cm³/mol. The quantitative estimate of drug-likeness (QED) is 0.369. The van der Waals surface area contributed by atoms with Crippen molar-refractivity contribution in [2.24, 2.45) is 0 Å². The number of aromatic nitrogens is 1. The number of hydrogen-bond donors (Lipinski definition) is 1. The summed E-state index contributed by atoms with van der Waals surface area (Å²) in [6.45, 7) is 2.41. The van der Waals surface area contributed by atoms with Crippen molar-refractivity contribution in [3.05, 3.63) is 81.0 Å². The fourth-order valence-electron chi connectivity index (χ4n) is 4.15. The number of nitrogens with zero attached hydrogens (tertiary/aromatic N) is 3. The first-order chi connectivity index (χ1) is 14.5. The Morgan fingerprint density at radius 1 is 1.20 bits per heavy atom. The van der Waals surface area contributed by atoms with Gasteiger partial charge in [-0.2, -0.15) is 0 Å². The van der Waals surface area contributed by atoms with Crippen LogP contribution in [0.4, 0.5) is 0 Å². The molecule has 4 rings (SSSR count). The normalized spacial score (nSPS) is 13.8. The summed E-state index contributed by atoms with van der Waals surface area (Å²) in [5, 5.41) is 13.3. The summed E-state index contributed by atoms with van der Waals surface area (Å²) < 4.78 is 2.32. The summed E-state index contributed by atoms with van der Waals surface area (Å²) in [6, 6.07) is 15.9. The lowest BCUT2D eigenvalue weighted by atomic mass is 10.0. The van der Waals surface area contributed by atoms with E-state index in [1.54, 1.807) is 6.07 Å². The molecule has 0 saturated heterocycles. The van der Waals surface area contributed by atoms with Crippen LogP contribution in [0.1, 0.15) is 27.2 Å². The third-order valence-electron chi connectivity index (χ3n) is 5.53. The molecule has 1 aliphatic heterocycles. The van der Waals surface area contributed by atoms with Crippen LogP contribution in [0.5, 0.6) is 0 Å². The molecule has 2 aromatic carbocycles. The molecule has 8 heteroatoms. The Labute approximate surface area is 174 Å². The third-order valence-corrected chi connectivity index (χ3v) is 5.53. The molecule has 156 valence electrons. The van der Waals surface area contributed by atoms with Gasteiger partial charge in [0.1, 0.15) is 6.61 Å². The zero-order chi connectivity index (χ0) is 21.1. The van der Waals surface area contributed by atoms with E-state index in [0.717, 1.165) is 25.1 Å². The van der Waals surface area contributed by atoms with E-state index in [4.69, 9.17) is 0 Å². The Morgan fingerprint density at radius 2 is 1.97 bits per heavy atom. The Hall–Kier alpha value is -3.39. The van der Waals surface area contributed by atoms with Gasteiger partial charge in [0.05, 0.1) is 0 Å². The molecule has 0 saturated carbocycles. The van der Waals surface area contributed by atoms with Crippen molar-refractivity contribution in [1.82, 2.24) is 14.8 Å². The number of likely N-dealkylation sites (N-methyl/N-ethyl adjacent to an activating group) is 1. The number of benzene rings is 2. The second-order valence-electron chi connectivity index (χ2n) is 7.49. The van der Waals surface area contributed by atoms with Crippen LogP contribution in [0.25, 0.3) is 10.9 Å². The highest BCUT2D eigenvalue weighted by Gasteiger charge is 2.23. The number of carbonyl (C=O) groups is 1. The van der Waals surface area contributed by atoms with Crippen molar-refractivity contribution < 1.29 is 14.7 Å². The van der Waals surface area contributed by atoms with Gasteiger partial charge >= 0.3 is 0 Å². The zero-order valence-electron chi connectivity index (χ0n) is 16.8. The number of nitrogens with one attached hydrogen (secondary N) is 1. The molecule has 0 aliphatic carbocycles. The summed E-state index contributed by atoms with van der Waals surface area (Å²) >= 11 is 0. The first-order valence-electron chi connectivity index (χ1n) is 9.95. The largest absolute Gasteiger partial charge is 0.350 e. The zero-order valence-corrected chi connectivity index (χ0v) is 16.8. The molecule has 0 atom stereocenters. The van der Waals surface area contributed by atoms with E-state index >= 15 is 0 Å². The van der Waals surface area contributed by atoms with E-state index in [9.17, 15) is 14.9 Å². The Balaban J connectivity index is 1.62. The van der Waals surface area contributed by atoms with Gasteiger partial charge in [0, 0.05) is 54.8 Å². The average Bonchev–Trinajstić information content (AvgIpc) is 3.04. The fraction of sp³-hybridized carbons (Fsp3) is 0.318. The van der Waals surface area contributed by atoms with Crippen molar-refractivity contribution in [1.29, 1.82) is 0 Å². The minimum absolute atomic E-state index is 0.0718. The maximum absolute atomic E-state index is 12.7. The molecule has 1 N–H and O–H groups in total. The van der Waals surface area contributed by atoms with Crippen molar-refractivity contribution in [2.45, 2.75) is 19.5 Å². The molecule has 2 heterocycles. The second kappa shape index (κ2) is 8.54. The summed E-state index contributed by atoms with van der Waals surface area (Å²) in [4.78, 5) is 29.5. The average molecular weight is 408 g/mol. The molecular weight excluding hydrogens is 384 g/mol. The first-order valence-corrected chi connectivity index (χ1v) is 9.95. The second-order valence-corrected chi connectivity index (χ2v) is 7.49. The van der Waals surface area contributed by atoms with Crippen LogP contribution in [0.3, 0.4) is 0 Å². The standard InChI is InChI=1S/C22H24N4O4/c1-24-12-10-21-19(15-24)18-8-4-5-9-20(18)25(21)14-16-6-2-3-7-17(16)22(27)23-11-13-30-26(28)29/h2-9H,10-15H2,1H3,(H,23,27). The molecule has 1 aromatic heterocycles. The van der Waals surface area contributed by atoms with Gasteiger partial charge in [-0.3, -0.25) is 4.79 Å². The minimum Gasteiger partial charge on any atom is -0.350 e. The van der Waals surface area contributed by atoms with E-state index in [1.165, 1.54) is 22.2 Å². The number of rotatable bonds is 7. The van der Waals surface area contributed by atoms with Crippen LogP contribution < -0.4 is 5.32 Å². The van der Waals surface area contributed by atoms with Gasteiger partial charge in [0.2, 0.25) is 0 Å². The van der Waals surface area contributed by atoms with E-state index in [1.807, 2.05) is 24.3 Å². The summed E-state index contributed by atoms with van der Waals surface area (Å²) in [5.74, 6) is -0.261. The van der Waals surface area contributed by atoms with Crippen molar-refractivity contribution in [2.75, 3.05) is 26.7 Å². The van der Waals surface area contributed by atoms with Gasteiger partial charge in [-0.05, 0) is 30.3 Å². The molecule has 0 fully saturated rings. The molecule has 0 bridgehead atoms. The molecule has 1 amide bonds. The number of fused-ring (bicyclic) bond motifs is 3. The molecular formula is C22H24N4O4. The van der Waals surface area contributed by atoms with Crippen LogP contribution in [-0.2, 0) is 24.3 Å². The Morgan fingerprint density at radius 3 is 2.80 bits per heavy atom. The maximum Gasteiger partial charge on any atom is 0.294 e. The number of para-hydroxylation sites is 1. The summed E-state index contributed by atoms with van der Waals surface area (Å²) in [7, 11) is 2.14. The lowest BCUT2D eigenvalue weighted by Gasteiger charge is -2.24. The molecule has 0 radical (unpaired) electrons. The van der Waals surface area contributed by atoms with Gasteiger partial charge in [0.25, 0.3) is 11.0 Å². The highest BCUT2D eigenvalue weighted by Crippen LogP contribution is 2.31. The fourth-order valence-corrected chi connectivity index (χ4v) is 4.15. The maximum atomic E-state index is 12.7. The van der Waals surface area contributed by atoms with E-state index in [2.05, 4.69) is 44.9 Å². The molecule has 3 aromatic rings. The third kappa shape index (κ3) is 3.99.